The van der Waals surface area contributed by atoms with Gasteiger partial charge in [0.15, 0.2) is 9.84 Å². The molecule has 1 aliphatic rings. The average Bonchev–Trinajstić information content (AvgIpc) is 3.03. The molecule has 1 heterocycles. The molecule has 0 spiro atoms. The van der Waals surface area contributed by atoms with Crippen LogP contribution in [0.4, 0.5) is 5.69 Å². The molecule has 0 fully saturated rings. The smallest absolute Gasteiger partial charge is 0.231 e. The molecule has 29 heavy (non-hydrogen) atoms. The molecule has 154 valence electrons. The highest BCUT2D eigenvalue weighted by Gasteiger charge is 2.31. The molecule has 0 bridgehead atoms. The van der Waals surface area contributed by atoms with Crippen molar-refractivity contribution in [1.29, 1.82) is 0 Å². The number of hydrogen-bond donors (Lipinski definition) is 0. The van der Waals surface area contributed by atoms with E-state index in [1.165, 1.54) is 11.0 Å². The number of benzene rings is 2. The molecule has 1 unspecified atom stereocenters. The van der Waals surface area contributed by atoms with Gasteiger partial charge >= 0.3 is 0 Å². The van der Waals surface area contributed by atoms with Crippen molar-refractivity contribution >= 4 is 21.4 Å². The number of amides is 1. The number of carbonyl (C=O) groups excluding carboxylic acids is 1. The van der Waals surface area contributed by atoms with Crippen molar-refractivity contribution in [2.24, 2.45) is 0 Å². The fourth-order valence-electron chi connectivity index (χ4n) is 3.39. The molecule has 2 aromatic carbocycles. The molecular weight excluding hydrogens is 386 g/mol. The molecule has 1 aliphatic heterocycles. The fourth-order valence-corrected chi connectivity index (χ4v) is 4.66. The predicted molar refractivity (Wildman–Crippen MR) is 116 cm³/mol. The van der Waals surface area contributed by atoms with E-state index in [1.54, 1.807) is 11.0 Å². The lowest BCUT2D eigenvalue weighted by atomic mass is 10.0. The standard InChI is InChI=1S/C23H27NO4S/c1-4-28-22-11-5-18(6-12-22)15-23(25)24(21-13-14-29(26,27)16-21)20-9-7-19(8-10-20)17(2)3/h5-14,17,21H,4,15-16H2,1-3H3. The van der Waals surface area contributed by atoms with E-state index < -0.39 is 15.9 Å². The summed E-state index contributed by atoms with van der Waals surface area (Å²) in [5.74, 6) is 0.908. The highest BCUT2D eigenvalue weighted by molar-refractivity contribution is 7.94. The molecule has 0 radical (unpaired) electrons. The Morgan fingerprint density at radius 3 is 2.28 bits per heavy atom. The molecule has 0 aliphatic carbocycles. The van der Waals surface area contributed by atoms with Crippen molar-refractivity contribution in [1.82, 2.24) is 0 Å². The molecule has 0 saturated heterocycles. The molecule has 1 atom stereocenters. The van der Waals surface area contributed by atoms with Gasteiger partial charge in [0, 0.05) is 11.1 Å². The number of anilines is 1. The van der Waals surface area contributed by atoms with Gasteiger partial charge in [-0.05, 0) is 54.3 Å². The van der Waals surface area contributed by atoms with Crippen LogP contribution in [0.5, 0.6) is 5.75 Å². The van der Waals surface area contributed by atoms with Crippen molar-refractivity contribution in [3.8, 4) is 5.75 Å². The van der Waals surface area contributed by atoms with E-state index >= 15 is 0 Å². The molecule has 0 N–H and O–H groups in total. The Morgan fingerprint density at radius 2 is 1.76 bits per heavy atom. The summed E-state index contributed by atoms with van der Waals surface area (Å²) >= 11 is 0. The van der Waals surface area contributed by atoms with Gasteiger partial charge in [-0.15, -0.1) is 0 Å². The quantitative estimate of drug-likeness (QED) is 0.686. The summed E-state index contributed by atoms with van der Waals surface area (Å²) in [4.78, 5) is 14.8. The second kappa shape index (κ2) is 8.82. The van der Waals surface area contributed by atoms with E-state index in [2.05, 4.69) is 13.8 Å². The second-order valence-electron chi connectivity index (χ2n) is 7.49. The van der Waals surface area contributed by atoms with Gasteiger partial charge in [-0.3, -0.25) is 4.79 Å². The summed E-state index contributed by atoms with van der Waals surface area (Å²) < 4.78 is 29.4. The summed E-state index contributed by atoms with van der Waals surface area (Å²) in [5, 5.41) is 1.21. The topological polar surface area (TPSA) is 63.7 Å². The predicted octanol–water partition coefficient (Wildman–Crippen LogP) is 4.10. The minimum atomic E-state index is -3.28. The lowest BCUT2D eigenvalue weighted by molar-refractivity contribution is -0.118. The third-order valence-electron chi connectivity index (χ3n) is 4.94. The first-order valence-corrected chi connectivity index (χ1v) is 11.6. The van der Waals surface area contributed by atoms with Crippen LogP contribution in [-0.4, -0.2) is 32.7 Å². The molecule has 0 aromatic heterocycles. The van der Waals surface area contributed by atoms with E-state index in [9.17, 15) is 13.2 Å². The van der Waals surface area contributed by atoms with Gasteiger partial charge in [0.2, 0.25) is 5.91 Å². The Bertz CT molecular complexity index is 977. The zero-order valence-corrected chi connectivity index (χ0v) is 17.9. The third kappa shape index (κ3) is 5.26. The lowest BCUT2D eigenvalue weighted by Gasteiger charge is -2.28. The van der Waals surface area contributed by atoms with Crippen molar-refractivity contribution < 1.29 is 17.9 Å². The maximum absolute atomic E-state index is 13.2. The van der Waals surface area contributed by atoms with Crippen LogP contribution in [0.25, 0.3) is 0 Å². The summed E-state index contributed by atoms with van der Waals surface area (Å²) in [6.45, 7) is 6.72. The first-order valence-electron chi connectivity index (χ1n) is 9.84. The van der Waals surface area contributed by atoms with Crippen LogP contribution in [-0.2, 0) is 21.1 Å². The van der Waals surface area contributed by atoms with E-state index in [0.29, 0.717) is 18.2 Å². The Labute approximate surface area is 172 Å². The molecule has 0 saturated carbocycles. The zero-order chi connectivity index (χ0) is 21.0. The zero-order valence-electron chi connectivity index (χ0n) is 17.0. The summed E-state index contributed by atoms with van der Waals surface area (Å²) in [6.07, 6.45) is 1.78. The first-order chi connectivity index (χ1) is 13.8. The van der Waals surface area contributed by atoms with Crippen molar-refractivity contribution in [2.45, 2.75) is 39.2 Å². The number of carbonyl (C=O) groups is 1. The average molecular weight is 414 g/mol. The molecule has 2 aromatic rings. The van der Waals surface area contributed by atoms with E-state index in [0.717, 1.165) is 11.3 Å². The van der Waals surface area contributed by atoms with E-state index in [4.69, 9.17) is 4.74 Å². The largest absolute Gasteiger partial charge is 0.494 e. The maximum atomic E-state index is 13.2. The van der Waals surface area contributed by atoms with Crippen LogP contribution >= 0.6 is 0 Å². The van der Waals surface area contributed by atoms with Gasteiger partial charge < -0.3 is 9.64 Å². The van der Waals surface area contributed by atoms with Gasteiger partial charge in [0.25, 0.3) is 0 Å². The normalized spacial score (nSPS) is 17.4. The van der Waals surface area contributed by atoms with Gasteiger partial charge in [-0.25, -0.2) is 8.42 Å². The molecular formula is C23H27NO4S. The number of rotatable bonds is 7. The van der Waals surface area contributed by atoms with Gasteiger partial charge in [-0.2, -0.15) is 0 Å². The highest BCUT2D eigenvalue weighted by Crippen LogP contribution is 2.26. The SMILES string of the molecule is CCOc1ccc(CC(=O)N(c2ccc(C(C)C)cc2)C2C=CS(=O)(=O)C2)cc1. The number of ether oxygens (including phenoxy) is 1. The number of sulfone groups is 1. The summed E-state index contributed by atoms with van der Waals surface area (Å²) in [5.41, 5.74) is 2.73. The van der Waals surface area contributed by atoms with Crippen molar-refractivity contribution in [2.75, 3.05) is 17.3 Å². The molecule has 1 amide bonds. The Morgan fingerprint density at radius 1 is 1.10 bits per heavy atom. The number of nitrogens with zero attached hydrogens (tertiary/aromatic N) is 1. The van der Waals surface area contributed by atoms with Gasteiger partial charge in [0.1, 0.15) is 5.75 Å². The van der Waals surface area contributed by atoms with Crippen LogP contribution in [0.1, 0.15) is 37.8 Å². The third-order valence-corrected chi connectivity index (χ3v) is 6.32. The number of hydrogen-bond acceptors (Lipinski definition) is 4. The van der Waals surface area contributed by atoms with Gasteiger partial charge in [0.05, 0.1) is 24.8 Å². The van der Waals surface area contributed by atoms with Crippen molar-refractivity contribution in [3.05, 3.63) is 71.1 Å². The van der Waals surface area contributed by atoms with Crippen LogP contribution in [0.15, 0.2) is 60.0 Å². The fraction of sp³-hybridized carbons (Fsp3) is 0.348. The highest BCUT2D eigenvalue weighted by atomic mass is 32.2. The van der Waals surface area contributed by atoms with Crippen LogP contribution in [0, 0.1) is 0 Å². The Hall–Kier alpha value is -2.60. The van der Waals surface area contributed by atoms with Crippen LogP contribution in [0.2, 0.25) is 0 Å². The monoisotopic (exact) mass is 413 g/mol. The van der Waals surface area contributed by atoms with E-state index in [-0.39, 0.29) is 18.1 Å². The minimum Gasteiger partial charge on any atom is -0.494 e. The summed E-state index contributed by atoms with van der Waals surface area (Å²) in [6, 6.07) is 14.7. The van der Waals surface area contributed by atoms with Crippen molar-refractivity contribution in [3.63, 3.8) is 0 Å². The molecule has 6 heteroatoms. The minimum absolute atomic E-state index is 0.0893. The van der Waals surface area contributed by atoms with Crippen LogP contribution in [0.3, 0.4) is 0 Å². The lowest BCUT2D eigenvalue weighted by Crippen LogP contribution is -2.42. The second-order valence-corrected chi connectivity index (χ2v) is 9.42. The maximum Gasteiger partial charge on any atom is 0.231 e. The summed E-state index contributed by atoms with van der Waals surface area (Å²) in [7, 11) is -3.28. The Kier molecular flexibility index (Phi) is 6.42. The van der Waals surface area contributed by atoms with Gasteiger partial charge in [-0.1, -0.05) is 38.1 Å². The first kappa shape index (κ1) is 21.1. The Balaban J connectivity index is 1.86. The molecule has 5 nitrogen and oxygen atoms in total. The molecule has 3 rings (SSSR count). The van der Waals surface area contributed by atoms with E-state index in [1.807, 2.05) is 55.5 Å². The van der Waals surface area contributed by atoms with Crippen LogP contribution < -0.4 is 9.64 Å².